The van der Waals surface area contributed by atoms with Crippen LogP contribution in [-0.4, -0.2) is 5.11 Å². The Bertz CT molecular complexity index is 510. The van der Waals surface area contributed by atoms with Crippen molar-refractivity contribution in [2.24, 2.45) is 0 Å². The Morgan fingerprint density at radius 1 is 0.889 bits per heavy atom. The molecule has 0 aliphatic carbocycles. The van der Waals surface area contributed by atoms with Gasteiger partial charge in [-0.25, -0.2) is 0 Å². The zero-order chi connectivity index (χ0) is 13.2. The standard InChI is InChI=1S/C15H17NO2/c1-15(2,17)11-3-7-13(8-4-11)18-14-9-5-12(16)6-10-14/h3-10,17H,16H2,1-2H3. The van der Waals surface area contributed by atoms with Crippen molar-refractivity contribution in [2.45, 2.75) is 19.4 Å². The van der Waals surface area contributed by atoms with E-state index >= 15 is 0 Å². The fraction of sp³-hybridized carbons (Fsp3) is 0.200. The van der Waals surface area contributed by atoms with Crippen molar-refractivity contribution in [3.8, 4) is 11.5 Å². The van der Waals surface area contributed by atoms with Gasteiger partial charge in [0.2, 0.25) is 0 Å². The van der Waals surface area contributed by atoms with E-state index in [4.69, 9.17) is 10.5 Å². The van der Waals surface area contributed by atoms with Crippen molar-refractivity contribution >= 4 is 5.69 Å². The third-order valence-corrected chi connectivity index (χ3v) is 2.68. The lowest BCUT2D eigenvalue weighted by molar-refractivity contribution is 0.0786. The molecule has 18 heavy (non-hydrogen) atoms. The molecule has 0 fully saturated rings. The maximum absolute atomic E-state index is 9.85. The minimum absolute atomic E-state index is 0.708. The van der Waals surface area contributed by atoms with Gasteiger partial charge >= 0.3 is 0 Å². The molecule has 0 spiro atoms. The van der Waals surface area contributed by atoms with Gasteiger partial charge in [-0.05, 0) is 55.8 Å². The number of ether oxygens (including phenoxy) is 1. The average Bonchev–Trinajstić information content (AvgIpc) is 2.32. The van der Waals surface area contributed by atoms with Crippen molar-refractivity contribution in [3.05, 3.63) is 54.1 Å². The second-order valence-corrected chi connectivity index (χ2v) is 4.75. The molecule has 0 aliphatic heterocycles. The van der Waals surface area contributed by atoms with Crippen molar-refractivity contribution in [1.82, 2.24) is 0 Å². The summed E-state index contributed by atoms with van der Waals surface area (Å²) in [5.41, 5.74) is 6.33. The van der Waals surface area contributed by atoms with Crippen LogP contribution in [0.4, 0.5) is 5.69 Å². The van der Waals surface area contributed by atoms with Crippen LogP contribution in [0.15, 0.2) is 48.5 Å². The number of aliphatic hydroxyl groups is 1. The molecular formula is C15H17NO2. The third-order valence-electron chi connectivity index (χ3n) is 2.68. The zero-order valence-corrected chi connectivity index (χ0v) is 10.6. The number of hydrogen-bond donors (Lipinski definition) is 2. The van der Waals surface area contributed by atoms with Crippen molar-refractivity contribution < 1.29 is 9.84 Å². The molecule has 0 atom stereocenters. The van der Waals surface area contributed by atoms with Gasteiger partial charge < -0.3 is 15.6 Å². The summed E-state index contributed by atoms with van der Waals surface area (Å²) in [7, 11) is 0. The predicted octanol–water partition coefficient (Wildman–Crippen LogP) is 3.29. The Morgan fingerprint density at radius 3 is 1.78 bits per heavy atom. The summed E-state index contributed by atoms with van der Waals surface area (Å²) < 4.78 is 5.66. The average molecular weight is 243 g/mol. The van der Waals surface area contributed by atoms with Crippen LogP contribution in [0.3, 0.4) is 0 Å². The summed E-state index contributed by atoms with van der Waals surface area (Å²) in [6.45, 7) is 3.51. The Morgan fingerprint density at radius 2 is 1.33 bits per heavy atom. The van der Waals surface area contributed by atoms with Gasteiger partial charge in [0.1, 0.15) is 11.5 Å². The largest absolute Gasteiger partial charge is 0.457 e. The molecule has 0 radical (unpaired) electrons. The number of nitrogen functional groups attached to an aromatic ring is 1. The summed E-state index contributed by atoms with van der Waals surface area (Å²) in [4.78, 5) is 0. The molecule has 3 heteroatoms. The first-order valence-corrected chi connectivity index (χ1v) is 5.81. The minimum atomic E-state index is -0.834. The Labute approximate surface area is 107 Å². The van der Waals surface area contributed by atoms with Gasteiger partial charge in [0.05, 0.1) is 5.60 Å². The number of hydrogen-bond acceptors (Lipinski definition) is 3. The maximum atomic E-state index is 9.85. The lowest BCUT2D eigenvalue weighted by Crippen LogP contribution is -2.14. The molecule has 0 unspecified atom stereocenters. The molecule has 0 aliphatic rings. The van der Waals surface area contributed by atoms with Crippen LogP contribution in [0.25, 0.3) is 0 Å². The lowest BCUT2D eigenvalue weighted by atomic mass is 9.99. The van der Waals surface area contributed by atoms with E-state index in [1.807, 2.05) is 36.4 Å². The maximum Gasteiger partial charge on any atom is 0.127 e. The second kappa shape index (κ2) is 4.70. The number of anilines is 1. The molecule has 0 aromatic heterocycles. The summed E-state index contributed by atoms with van der Waals surface area (Å²) in [6.07, 6.45) is 0. The van der Waals surface area contributed by atoms with E-state index in [0.717, 1.165) is 17.1 Å². The van der Waals surface area contributed by atoms with Crippen LogP contribution < -0.4 is 10.5 Å². The molecule has 3 N–H and O–H groups in total. The molecule has 94 valence electrons. The molecule has 0 amide bonds. The first-order chi connectivity index (χ1) is 8.45. The quantitative estimate of drug-likeness (QED) is 0.813. The molecule has 0 bridgehead atoms. The topological polar surface area (TPSA) is 55.5 Å². The summed E-state index contributed by atoms with van der Waals surface area (Å²) >= 11 is 0. The molecule has 0 saturated heterocycles. The van der Waals surface area contributed by atoms with Gasteiger partial charge in [0.25, 0.3) is 0 Å². The van der Waals surface area contributed by atoms with E-state index in [1.54, 1.807) is 26.0 Å². The van der Waals surface area contributed by atoms with Gasteiger partial charge in [-0.2, -0.15) is 0 Å². The lowest BCUT2D eigenvalue weighted by Gasteiger charge is -2.17. The van der Waals surface area contributed by atoms with Gasteiger partial charge in [-0.1, -0.05) is 12.1 Å². The van der Waals surface area contributed by atoms with E-state index in [2.05, 4.69) is 0 Å². The van der Waals surface area contributed by atoms with Gasteiger partial charge in [0.15, 0.2) is 0 Å². The highest BCUT2D eigenvalue weighted by Crippen LogP contribution is 2.26. The predicted molar refractivity (Wildman–Crippen MR) is 72.6 cm³/mol. The first-order valence-electron chi connectivity index (χ1n) is 5.81. The summed E-state index contributed by atoms with van der Waals surface area (Å²) in [5.74, 6) is 1.47. The number of benzene rings is 2. The molecule has 0 heterocycles. The zero-order valence-electron chi connectivity index (χ0n) is 10.6. The Hall–Kier alpha value is -2.00. The van der Waals surface area contributed by atoms with Crippen LogP contribution in [-0.2, 0) is 5.60 Å². The Kier molecular flexibility index (Phi) is 3.26. The fourth-order valence-corrected chi connectivity index (χ4v) is 1.60. The van der Waals surface area contributed by atoms with E-state index in [0.29, 0.717) is 5.69 Å². The first kappa shape index (κ1) is 12.5. The minimum Gasteiger partial charge on any atom is -0.457 e. The van der Waals surface area contributed by atoms with Crippen LogP contribution >= 0.6 is 0 Å². The van der Waals surface area contributed by atoms with E-state index in [1.165, 1.54) is 0 Å². The highest BCUT2D eigenvalue weighted by molar-refractivity contribution is 5.43. The molecule has 2 aromatic rings. The van der Waals surface area contributed by atoms with Crippen molar-refractivity contribution in [3.63, 3.8) is 0 Å². The van der Waals surface area contributed by atoms with Crippen LogP contribution in [0.2, 0.25) is 0 Å². The summed E-state index contributed by atoms with van der Waals surface area (Å²) in [5, 5.41) is 9.85. The van der Waals surface area contributed by atoms with Crippen molar-refractivity contribution in [1.29, 1.82) is 0 Å². The SMILES string of the molecule is CC(C)(O)c1ccc(Oc2ccc(N)cc2)cc1. The van der Waals surface area contributed by atoms with Gasteiger partial charge in [-0.15, -0.1) is 0 Å². The van der Waals surface area contributed by atoms with Crippen molar-refractivity contribution in [2.75, 3.05) is 5.73 Å². The molecular weight excluding hydrogens is 226 g/mol. The van der Waals surface area contributed by atoms with E-state index in [-0.39, 0.29) is 0 Å². The van der Waals surface area contributed by atoms with Crippen LogP contribution in [0.5, 0.6) is 11.5 Å². The van der Waals surface area contributed by atoms with Gasteiger partial charge in [0, 0.05) is 5.69 Å². The molecule has 3 nitrogen and oxygen atoms in total. The molecule has 0 saturated carbocycles. The van der Waals surface area contributed by atoms with Crippen LogP contribution in [0.1, 0.15) is 19.4 Å². The summed E-state index contributed by atoms with van der Waals surface area (Å²) in [6, 6.07) is 14.6. The third kappa shape index (κ3) is 3.02. The molecule has 2 rings (SSSR count). The van der Waals surface area contributed by atoms with E-state index < -0.39 is 5.60 Å². The monoisotopic (exact) mass is 243 g/mol. The number of nitrogens with two attached hydrogens (primary N) is 1. The van der Waals surface area contributed by atoms with Gasteiger partial charge in [-0.3, -0.25) is 0 Å². The highest BCUT2D eigenvalue weighted by Gasteiger charge is 2.15. The van der Waals surface area contributed by atoms with Crippen LogP contribution in [0, 0.1) is 0 Å². The smallest absolute Gasteiger partial charge is 0.127 e. The Balaban J connectivity index is 2.13. The number of rotatable bonds is 3. The fourth-order valence-electron chi connectivity index (χ4n) is 1.60. The molecule has 2 aromatic carbocycles. The van der Waals surface area contributed by atoms with E-state index in [9.17, 15) is 5.11 Å². The normalized spacial score (nSPS) is 11.3. The highest BCUT2D eigenvalue weighted by atomic mass is 16.5. The second-order valence-electron chi connectivity index (χ2n) is 4.75.